The van der Waals surface area contributed by atoms with Crippen LogP contribution in [0.4, 0.5) is 5.69 Å². The lowest BCUT2D eigenvalue weighted by Gasteiger charge is -2.14. The molecule has 2 aromatic carbocycles. The van der Waals surface area contributed by atoms with Crippen molar-refractivity contribution in [2.45, 2.75) is 13.5 Å². The minimum atomic E-state index is -0.359. The second-order valence-corrected chi connectivity index (χ2v) is 6.62. The van der Waals surface area contributed by atoms with Crippen LogP contribution in [0.5, 0.6) is 11.5 Å². The molecule has 0 bridgehead atoms. The normalized spacial score (nSPS) is 10.4. The van der Waals surface area contributed by atoms with Gasteiger partial charge in [-0.05, 0) is 67.7 Å². The highest BCUT2D eigenvalue weighted by atomic mass is 32.1. The fourth-order valence-corrected chi connectivity index (χ4v) is 3.00. The first-order valence-corrected chi connectivity index (χ1v) is 9.68. The van der Waals surface area contributed by atoms with Crippen molar-refractivity contribution in [3.63, 3.8) is 0 Å². The Balaban J connectivity index is 1.74. The smallest absolute Gasteiger partial charge is 0.257 e. The number of nitrogens with one attached hydrogen (secondary N) is 2. The van der Waals surface area contributed by atoms with E-state index in [2.05, 4.69) is 10.6 Å². The third-order valence-electron chi connectivity index (χ3n) is 4.18. The molecule has 7 nitrogen and oxygen atoms in total. The number of carbonyl (C=O) groups excluding carboxylic acids is 1. The summed E-state index contributed by atoms with van der Waals surface area (Å²) in [5.74, 6) is 1.85. The lowest BCUT2D eigenvalue weighted by Crippen LogP contribution is -2.34. The van der Waals surface area contributed by atoms with Gasteiger partial charge in [0.2, 0.25) is 0 Å². The average molecular weight is 426 g/mol. The summed E-state index contributed by atoms with van der Waals surface area (Å²) in [6, 6.07) is 15.7. The van der Waals surface area contributed by atoms with Crippen molar-refractivity contribution < 1.29 is 23.8 Å². The van der Waals surface area contributed by atoms with E-state index in [1.165, 1.54) is 7.11 Å². The maximum atomic E-state index is 12.5. The van der Waals surface area contributed by atoms with E-state index in [1.54, 1.807) is 48.5 Å². The second-order valence-electron chi connectivity index (χ2n) is 6.21. The summed E-state index contributed by atoms with van der Waals surface area (Å²) in [6.07, 6.45) is 0. The van der Waals surface area contributed by atoms with E-state index in [4.69, 9.17) is 26.1 Å². The van der Waals surface area contributed by atoms with E-state index in [0.29, 0.717) is 40.9 Å². The van der Waals surface area contributed by atoms with Gasteiger partial charge in [-0.1, -0.05) is 6.07 Å². The van der Waals surface area contributed by atoms with E-state index in [9.17, 15) is 9.90 Å². The first kappa shape index (κ1) is 21.4. The number of rotatable bonds is 7. The summed E-state index contributed by atoms with van der Waals surface area (Å²) in [5.41, 5.74) is 1.75. The third-order valence-corrected chi connectivity index (χ3v) is 4.39. The summed E-state index contributed by atoms with van der Waals surface area (Å²) in [5, 5.41) is 14.9. The Morgan fingerprint density at radius 2 is 2.00 bits per heavy atom. The van der Waals surface area contributed by atoms with Gasteiger partial charge in [0, 0.05) is 11.1 Å². The molecule has 0 spiro atoms. The molecule has 0 saturated carbocycles. The van der Waals surface area contributed by atoms with Crippen molar-refractivity contribution in [3.05, 3.63) is 65.9 Å². The van der Waals surface area contributed by atoms with Gasteiger partial charge < -0.3 is 24.3 Å². The third kappa shape index (κ3) is 5.16. The van der Waals surface area contributed by atoms with E-state index in [-0.39, 0.29) is 17.6 Å². The van der Waals surface area contributed by atoms with Gasteiger partial charge in [-0.15, -0.1) is 0 Å². The van der Waals surface area contributed by atoms with E-state index in [0.717, 1.165) is 5.56 Å². The highest BCUT2D eigenvalue weighted by Gasteiger charge is 2.13. The molecule has 30 heavy (non-hydrogen) atoms. The van der Waals surface area contributed by atoms with Crippen LogP contribution in [0.1, 0.15) is 23.0 Å². The Labute approximate surface area is 179 Å². The van der Waals surface area contributed by atoms with Crippen molar-refractivity contribution in [1.82, 2.24) is 5.32 Å². The van der Waals surface area contributed by atoms with Crippen molar-refractivity contribution >= 4 is 28.9 Å². The monoisotopic (exact) mass is 426 g/mol. The standard InChI is InChI=1S/C22H22N2O5S/c1-3-28-16-6-4-5-15(11-16)21(26)24-22(30)23-18-12-14(7-9-20(18)27-2)19-10-8-17(13-25)29-19/h4-12,25H,3,13H2,1-2H3,(H2,23,24,26,30). The molecule has 1 amide bonds. The van der Waals surface area contributed by atoms with Gasteiger partial charge in [-0.2, -0.15) is 0 Å². The van der Waals surface area contributed by atoms with Crippen LogP contribution in [0.25, 0.3) is 11.3 Å². The van der Waals surface area contributed by atoms with Crippen LogP contribution in [-0.2, 0) is 6.61 Å². The van der Waals surface area contributed by atoms with Crippen LogP contribution in [0.3, 0.4) is 0 Å². The molecule has 0 saturated heterocycles. The van der Waals surface area contributed by atoms with Crippen LogP contribution in [-0.4, -0.2) is 29.8 Å². The first-order chi connectivity index (χ1) is 14.5. The van der Waals surface area contributed by atoms with Gasteiger partial charge in [0.25, 0.3) is 5.91 Å². The van der Waals surface area contributed by atoms with Crippen LogP contribution < -0.4 is 20.1 Å². The highest BCUT2D eigenvalue weighted by Crippen LogP contribution is 2.31. The number of methoxy groups -OCH3 is 1. The molecule has 1 heterocycles. The number of ether oxygens (including phenoxy) is 2. The predicted octanol–water partition coefficient (Wildman–Crippen LogP) is 3.97. The molecule has 0 atom stereocenters. The number of anilines is 1. The fraction of sp³-hybridized carbons (Fsp3) is 0.182. The van der Waals surface area contributed by atoms with Gasteiger partial charge in [-0.25, -0.2) is 0 Å². The molecule has 0 aliphatic carbocycles. The number of aliphatic hydroxyl groups is 1. The number of furan rings is 1. The lowest BCUT2D eigenvalue weighted by molar-refractivity contribution is 0.0977. The van der Waals surface area contributed by atoms with Crippen LogP contribution in [0, 0.1) is 0 Å². The van der Waals surface area contributed by atoms with Crippen molar-refractivity contribution in [3.8, 4) is 22.8 Å². The SMILES string of the molecule is CCOc1cccc(C(=O)NC(=S)Nc2cc(-c3ccc(CO)o3)ccc2OC)c1. The van der Waals surface area contributed by atoms with Gasteiger partial charge in [0.15, 0.2) is 5.11 Å². The van der Waals surface area contributed by atoms with Gasteiger partial charge in [0.1, 0.15) is 29.6 Å². The summed E-state index contributed by atoms with van der Waals surface area (Å²) in [6.45, 7) is 2.21. The van der Waals surface area contributed by atoms with Crippen LogP contribution in [0.2, 0.25) is 0 Å². The number of aliphatic hydroxyl groups excluding tert-OH is 1. The quantitative estimate of drug-likeness (QED) is 0.492. The molecule has 8 heteroatoms. The molecule has 0 fully saturated rings. The Morgan fingerprint density at radius 1 is 1.17 bits per heavy atom. The van der Waals surface area contributed by atoms with Gasteiger partial charge in [0.05, 0.1) is 19.4 Å². The van der Waals surface area contributed by atoms with Crippen molar-refractivity contribution in [1.29, 1.82) is 0 Å². The Bertz CT molecular complexity index is 1050. The number of thiocarbonyl (C=S) groups is 1. The average Bonchev–Trinajstić information content (AvgIpc) is 3.23. The zero-order valence-electron chi connectivity index (χ0n) is 16.6. The van der Waals surface area contributed by atoms with Crippen LogP contribution in [0.15, 0.2) is 59.0 Å². The molecule has 0 aliphatic rings. The largest absolute Gasteiger partial charge is 0.495 e. The molecule has 1 aromatic heterocycles. The number of amides is 1. The molecule has 0 radical (unpaired) electrons. The maximum absolute atomic E-state index is 12.5. The van der Waals surface area contributed by atoms with E-state index in [1.807, 2.05) is 13.0 Å². The topological polar surface area (TPSA) is 93.0 Å². The number of benzene rings is 2. The molecule has 3 N–H and O–H groups in total. The molecule has 3 rings (SSSR count). The molecular weight excluding hydrogens is 404 g/mol. The van der Waals surface area contributed by atoms with Crippen molar-refractivity contribution in [2.75, 3.05) is 19.0 Å². The fourth-order valence-electron chi connectivity index (χ4n) is 2.80. The summed E-state index contributed by atoms with van der Waals surface area (Å²) in [7, 11) is 1.54. The minimum absolute atomic E-state index is 0.118. The zero-order valence-corrected chi connectivity index (χ0v) is 17.4. The van der Waals surface area contributed by atoms with Gasteiger partial charge >= 0.3 is 0 Å². The van der Waals surface area contributed by atoms with Crippen LogP contribution >= 0.6 is 12.2 Å². The Kier molecular flexibility index (Phi) is 7.05. The highest BCUT2D eigenvalue weighted by molar-refractivity contribution is 7.80. The molecule has 3 aromatic rings. The molecule has 0 unspecified atom stereocenters. The number of carbonyl (C=O) groups is 1. The molecule has 156 valence electrons. The molecule has 0 aliphatic heterocycles. The lowest BCUT2D eigenvalue weighted by atomic mass is 10.1. The minimum Gasteiger partial charge on any atom is -0.495 e. The summed E-state index contributed by atoms with van der Waals surface area (Å²) >= 11 is 5.30. The number of hydrogen-bond donors (Lipinski definition) is 3. The first-order valence-electron chi connectivity index (χ1n) is 9.27. The summed E-state index contributed by atoms with van der Waals surface area (Å²) in [4.78, 5) is 12.5. The maximum Gasteiger partial charge on any atom is 0.257 e. The predicted molar refractivity (Wildman–Crippen MR) is 118 cm³/mol. The van der Waals surface area contributed by atoms with Gasteiger partial charge in [-0.3, -0.25) is 10.1 Å². The van der Waals surface area contributed by atoms with Crippen molar-refractivity contribution in [2.24, 2.45) is 0 Å². The Hall–Kier alpha value is -3.36. The summed E-state index contributed by atoms with van der Waals surface area (Å²) < 4.78 is 16.4. The number of hydrogen-bond acceptors (Lipinski definition) is 6. The Morgan fingerprint density at radius 3 is 2.70 bits per heavy atom. The van der Waals surface area contributed by atoms with E-state index < -0.39 is 0 Å². The van der Waals surface area contributed by atoms with E-state index >= 15 is 0 Å². The second kappa shape index (κ2) is 9.91. The molecular formula is C22H22N2O5S. The zero-order chi connectivity index (χ0) is 21.5.